The quantitative estimate of drug-likeness (QED) is 0.263. The van der Waals surface area contributed by atoms with E-state index in [-0.39, 0.29) is 17.0 Å². The normalized spacial score (nSPS) is 25.8. The second-order valence-corrected chi connectivity index (χ2v) is 15.0. The summed E-state index contributed by atoms with van der Waals surface area (Å²) in [5.74, 6) is -1.51. The standard InChI is InChI=1S/C39H47F2N5O5/c1-24(2)27-15-14-25(3)21-31(27)43-17-19-44(20-18-43)39(49)51-23-50-37-32(47)22-42-46-35(30-13-8-16-45(30)38(48)36(37)46)33(26-9-5-4-6-10-26)28-11-7-12-29(40)34(28)41/h4-7,9-12,22,24-25,27,30-31,33,35H,8,13-21,23H2,1-3H3/t25?,27?,30-,31?,33-,35-/m1/s1. The number of carbonyl (C=O) groups is 2. The molecule has 12 heteroatoms. The Morgan fingerprint density at radius 2 is 1.71 bits per heavy atom. The van der Waals surface area contributed by atoms with Gasteiger partial charge in [-0.15, -0.1) is 0 Å². The van der Waals surface area contributed by atoms with Crippen LogP contribution in [0.4, 0.5) is 13.6 Å². The maximum Gasteiger partial charge on any atom is 0.412 e. The summed E-state index contributed by atoms with van der Waals surface area (Å²) in [6.45, 7) is 9.34. The predicted molar refractivity (Wildman–Crippen MR) is 186 cm³/mol. The SMILES string of the molecule is CC1CCC(C(C)C)C(N2CCN(C(=O)OCOc3c4n(ncc3=O)[C@@H]([C@H](c3ccccc3)c3cccc(F)c3F)[C@H]3CCCN3C4=O)CC2)C1. The number of fused-ring (bicyclic) bond motifs is 2. The lowest BCUT2D eigenvalue weighted by molar-refractivity contribution is 0.000958. The van der Waals surface area contributed by atoms with Crippen LogP contribution in [0.1, 0.15) is 86.5 Å². The van der Waals surface area contributed by atoms with Crippen LogP contribution in [0.25, 0.3) is 0 Å². The number of carbonyl (C=O) groups excluding carboxylic acids is 2. The molecule has 0 bridgehead atoms. The van der Waals surface area contributed by atoms with Crippen LogP contribution in [-0.2, 0) is 4.74 Å². The molecule has 10 nitrogen and oxygen atoms in total. The molecule has 2 aromatic carbocycles. The number of piperazine rings is 1. The fourth-order valence-electron chi connectivity index (χ4n) is 9.09. The van der Waals surface area contributed by atoms with E-state index in [0.717, 1.165) is 25.4 Å². The van der Waals surface area contributed by atoms with Gasteiger partial charge in [0.15, 0.2) is 17.3 Å². The summed E-state index contributed by atoms with van der Waals surface area (Å²) in [6.07, 6.45) is 5.49. The van der Waals surface area contributed by atoms with Gasteiger partial charge in [0, 0.05) is 50.2 Å². The number of hydrogen-bond donors (Lipinski definition) is 0. The molecule has 3 fully saturated rings. The first kappa shape index (κ1) is 35.1. The van der Waals surface area contributed by atoms with E-state index in [4.69, 9.17) is 9.47 Å². The number of benzene rings is 2. The molecule has 272 valence electrons. The Morgan fingerprint density at radius 1 is 0.941 bits per heavy atom. The van der Waals surface area contributed by atoms with Gasteiger partial charge in [-0.2, -0.15) is 5.10 Å². The lowest BCUT2D eigenvalue weighted by Crippen LogP contribution is -2.55. The van der Waals surface area contributed by atoms with Crippen LogP contribution in [0.3, 0.4) is 0 Å². The van der Waals surface area contributed by atoms with Gasteiger partial charge in [-0.1, -0.05) is 69.7 Å². The molecule has 51 heavy (non-hydrogen) atoms. The van der Waals surface area contributed by atoms with Gasteiger partial charge in [-0.05, 0) is 55.1 Å². The van der Waals surface area contributed by atoms with Crippen molar-refractivity contribution < 1.29 is 27.8 Å². The molecule has 2 amide bonds. The summed E-state index contributed by atoms with van der Waals surface area (Å²) < 4.78 is 43.1. The van der Waals surface area contributed by atoms with Gasteiger partial charge < -0.3 is 19.3 Å². The summed E-state index contributed by atoms with van der Waals surface area (Å²) in [4.78, 5) is 46.3. The van der Waals surface area contributed by atoms with Crippen molar-refractivity contribution in [2.24, 2.45) is 17.8 Å². The number of hydrogen-bond acceptors (Lipinski definition) is 7. The van der Waals surface area contributed by atoms with E-state index in [1.807, 2.05) is 30.3 Å². The van der Waals surface area contributed by atoms with Gasteiger partial charge in [-0.25, -0.2) is 13.6 Å². The van der Waals surface area contributed by atoms with E-state index < -0.39 is 53.9 Å². The average molecular weight is 704 g/mol. The minimum absolute atomic E-state index is 0.102. The fourth-order valence-corrected chi connectivity index (χ4v) is 9.09. The van der Waals surface area contributed by atoms with E-state index in [1.165, 1.54) is 30.0 Å². The Balaban J connectivity index is 1.11. The molecule has 1 aromatic heterocycles. The van der Waals surface area contributed by atoms with E-state index >= 15 is 4.39 Å². The third-order valence-electron chi connectivity index (χ3n) is 11.6. The monoisotopic (exact) mass is 703 g/mol. The summed E-state index contributed by atoms with van der Waals surface area (Å²) in [7, 11) is 0. The Kier molecular flexibility index (Phi) is 10.1. The molecule has 4 aliphatic rings. The van der Waals surface area contributed by atoms with Gasteiger partial charge in [0.05, 0.1) is 18.3 Å². The van der Waals surface area contributed by atoms with Crippen molar-refractivity contribution in [2.75, 3.05) is 39.5 Å². The molecule has 0 N–H and O–H groups in total. The maximum atomic E-state index is 15.6. The van der Waals surface area contributed by atoms with E-state index in [1.54, 1.807) is 15.9 Å². The molecule has 6 atom stereocenters. The maximum absolute atomic E-state index is 15.6. The van der Waals surface area contributed by atoms with Crippen LogP contribution < -0.4 is 10.2 Å². The van der Waals surface area contributed by atoms with Gasteiger partial charge in [0.1, 0.15) is 0 Å². The minimum Gasteiger partial charge on any atom is -0.451 e. The Morgan fingerprint density at radius 3 is 2.45 bits per heavy atom. The van der Waals surface area contributed by atoms with Crippen LogP contribution in [0.5, 0.6) is 5.75 Å². The number of halogens is 2. The smallest absolute Gasteiger partial charge is 0.412 e. The van der Waals surface area contributed by atoms with E-state index in [2.05, 4.69) is 30.8 Å². The third-order valence-corrected chi connectivity index (χ3v) is 11.6. The van der Waals surface area contributed by atoms with Crippen molar-refractivity contribution in [3.05, 3.63) is 93.4 Å². The van der Waals surface area contributed by atoms with E-state index in [0.29, 0.717) is 61.8 Å². The van der Waals surface area contributed by atoms with Crippen molar-refractivity contribution in [1.82, 2.24) is 24.5 Å². The lowest BCUT2D eigenvalue weighted by atomic mass is 9.73. The zero-order valence-electron chi connectivity index (χ0n) is 29.5. The van der Waals surface area contributed by atoms with Gasteiger partial charge in [0.2, 0.25) is 18.0 Å². The summed E-state index contributed by atoms with van der Waals surface area (Å²) in [6, 6.07) is 12.7. The lowest BCUT2D eigenvalue weighted by Gasteiger charge is -2.46. The molecular formula is C39H47F2N5O5. The topological polar surface area (TPSA) is 97.2 Å². The van der Waals surface area contributed by atoms with Crippen LogP contribution in [-0.4, -0.2) is 88.1 Å². The number of ether oxygens (including phenoxy) is 2. The summed E-state index contributed by atoms with van der Waals surface area (Å²) >= 11 is 0. The van der Waals surface area contributed by atoms with Crippen LogP contribution in [0, 0.1) is 29.4 Å². The average Bonchev–Trinajstić information content (AvgIpc) is 3.63. The van der Waals surface area contributed by atoms with Crippen LogP contribution in [0.2, 0.25) is 0 Å². The molecule has 0 spiro atoms. The Hall–Kier alpha value is -4.32. The minimum atomic E-state index is -0.979. The fraction of sp³-hybridized carbons (Fsp3) is 0.538. The Bertz CT molecular complexity index is 1800. The molecule has 4 heterocycles. The first-order valence-electron chi connectivity index (χ1n) is 18.3. The highest BCUT2D eigenvalue weighted by Gasteiger charge is 2.49. The summed E-state index contributed by atoms with van der Waals surface area (Å²) in [5.41, 5.74) is 0.0710. The van der Waals surface area contributed by atoms with Gasteiger partial charge in [-0.3, -0.25) is 19.2 Å². The van der Waals surface area contributed by atoms with Crippen molar-refractivity contribution in [2.45, 2.75) is 76.9 Å². The molecule has 3 aromatic rings. The molecule has 3 unspecified atom stereocenters. The molecule has 7 rings (SSSR count). The number of nitrogens with zero attached hydrogens (tertiary/aromatic N) is 5. The second kappa shape index (κ2) is 14.7. The number of amides is 2. The first-order chi connectivity index (χ1) is 24.6. The van der Waals surface area contributed by atoms with Gasteiger partial charge in [0.25, 0.3) is 5.91 Å². The van der Waals surface area contributed by atoms with Gasteiger partial charge >= 0.3 is 6.09 Å². The van der Waals surface area contributed by atoms with Crippen LogP contribution >= 0.6 is 0 Å². The predicted octanol–water partition coefficient (Wildman–Crippen LogP) is 6.06. The molecule has 0 radical (unpaired) electrons. The molecular weight excluding hydrogens is 656 g/mol. The van der Waals surface area contributed by atoms with Crippen molar-refractivity contribution in [1.29, 1.82) is 0 Å². The van der Waals surface area contributed by atoms with Crippen LogP contribution in [0.15, 0.2) is 59.5 Å². The number of aromatic nitrogens is 2. The highest BCUT2D eigenvalue weighted by Crippen LogP contribution is 2.46. The highest BCUT2D eigenvalue weighted by atomic mass is 19.2. The molecule has 1 aliphatic carbocycles. The molecule has 1 saturated carbocycles. The largest absolute Gasteiger partial charge is 0.451 e. The first-order valence-corrected chi connectivity index (χ1v) is 18.3. The van der Waals surface area contributed by atoms with Crippen molar-refractivity contribution >= 4 is 12.0 Å². The van der Waals surface area contributed by atoms with E-state index in [9.17, 15) is 18.8 Å². The molecule has 2 saturated heterocycles. The second-order valence-electron chi connectivity index (χ2n) is 15.0. The van der Waals surface area contributed by atoms with Crippen molar-refractivity contribution in [3.8, 4) is 5.75 Å². The highest BCUT2D eigenvalue weighted by molar-refractivity contribution is 5.96. The zero-order valence-corrected chi connectivity index (χ0v) is 29.5. The summed E-state index contributed by atoms with van der Waals surface area (Å²) in [5, 5.41) is 4.42. The number of rotatable bonds is 8. The van der Waals surface area contributed by atoms with Crippen molar-refractivity contribution in [3.63, 3.8) is 0 Å². The zero-order chi connectivity index (χ0) is 35.8. The molecule has 3 aliphatic heterocycles. The Labute approximate surface area is 297 Å². The third kappa shape index (κ3) is 6.74.